The van der Waals surface area contributed by atoms with E-state index in [0.29, 0.717) is 6.79 Å². The number of rotatable bonds is 3. The Morgan fingerprint density at radius 3 is 2.58 bits per heavy atom. The molecule has 6 heteroatoms. The van der Waals surface area contributed by atoms with Gasteiger partial charge in [-0.25, -0.2) is 0 Å². The van der Waals surface area contributed by atoms with Crippen molar-refractivity contribution in [1.82, 2.24) is 9.80 Å². The van der Waals surface area contributed by atoms with Crippen molar-refractivity contribution >= 4 is 28.5 Å². The second-order valence-corrected chi connectivity index (χ2v) is 7.90. The molecule has 1 amide bonds. The molecule has 1 saturated heterocycles. The summed E-state index contributed by atoms with van der Waals surface area (Å²) in [5.74, 6) is 1.78. The highest BCUT2D eigenvalue weighted by Gasteiger charge is 2.24. The third kappa shape index (κ3) is 3.66. The number of hydrogen-bond donors (Lipinski definition) is 0. The first kappa shape index (κ1) is 17.6. The second-order valence-electron chi connectivity index (χ2n) is 6.74. The van der Waals surface area contributed by atoms with Crippen molar-refractivity contribution in [3.63, 3.8) is 0 Å². The molecule has 0 bridgehead atoms. The molecule has 136 valence electrons. The van der Waals surface area contributed by atoms with Crippen LogP contribution in [0.4, 0.5) is 0 Å². The molecule has 1 fully saturated rings. The molecule has 2 aromatic rings. The van der Waals surface area contributed by atoms with E-state index in [1.807, 2.05) is 30.0 Å². The molecule has 2 aliphatic rings. The maximum Gasteiger partial charge on any atom is 0.255 e. The molecule has 2 heterocycles. The van der Waals surface area contributed by atoms with Gasteiger partial charge in [-0.05, 0) is 59.3 Å². The minimum atomic E-state index is 0.136. The van der Waals surface area contributed by atoms with Crippen molar-refractivity contribution in [3.8, 4) is 11.5 Å². The fraction of sp³-hybridized carbons (Fsp3) is 0.350. The van der Waals surface area contributed by atoms with Gasteiger partial charge in [0, 0.05) is 36.3 Å². The molecule has 0 atom stereocenters. The van der Waals surface area contributed by atoms with Crippen LogP contribution in [0.5, 0.6) is 11.5 Å². The summed E-state index contributed by atoms with van der Waals surface area (Å²) < 4.78 is 11.8. The summed E-state index contributed by atoms with van der Waals surface area (Å²) in [5.41, 5.74) is 3.20. The molecule has 26 heavy (non-hydrogen) atoms. The minimum Gasteiger partial charge on any atom is -0.454 e. The normalized spacial score (nSPS) is 16.8. The van der Waals surface area contributed by atoms with Gasteiger partial charge in [0.25, 0.3) is 5.91 Å². The molecule has 0 unspecified atom stereocenters. The zero-order valence-corrected chi connectivity index (χ0v) is 16.9. The van der Waals surface area contributed by atoms with Crippen molar-refractivity contribution in [2.45, 2.75) is 13.5 Å². The van der Waals surface area contributed by atoms with Crippen LogP contribution in [-0.2, 0) is 6.54 Å². The van der Waals surface area contributed by atoms with Crippen molar-refractivity contribution in [3.05, 3.63) is 56.7 Å². The number of hydrogen-bond acceptors (Lipinski definition) is 4. The number of carbonyl (C=O) groups is 1. The molecule has 0 saturated carbocycles. The maximum atomic E-state index is 12.8. The van der Waals surface area contributed by atoms with Gasteiger partial charge in [-0.1, -0.05) is 17.7 Å². The van der Waals surface area contributed by atoms with Crippen LogP contribution in [0.2, 0.25) is 0 Å². The van der Waals surface area contributed by atoms with Gasteiger partial charge in [0.05, 0.1) is 5.56 Å². The zero-order chi connectivity index (χ0) is 18.1. The highest BCUT2D eigenvalue weighted by molar-refractivity contribution is 14.1. The predicted octanol–water partition coefficient (Wildman–Crippen LogP) is 3.29. The molecule has 0 aliphatic carbocycles. The van der Waals surface area contributed by atoms with E-state index >= 15 is 0 Å². The van der Waals surface area contributed by atoms with E-state index in [1.54, 1.807) is 0 Å². The lowest BCUT2D eigenvalue weighted by Crippen LogP contribution is -2.48. The number of fused-ring (bicyclic) bond motifs is 1. The zero-order valence-electron chi connectivity index (χ0n) is 14.7. The van der Waals surface area contributed by atoms with Crippen molar-refractivity contribution in [2.75, 3.05) is 33.0 Å². The third-order valence-electron chi connectivity index (χ3n) is 4.86. The molecule has 0 N–H and O–H groups in total. The van der Waals surface area contributed by atoms with Crippen LogP contribution in [0, 0.1) is 10.5 Å². The molecule has 4 rings (SSSR count). The molecule has 2 aliphatic heterocycles. The average molecular weight is 464 g/mol. The number of amides is 1. The quantitative estimate of drug-likeness (QED) is 0.655. The van der Waals surface area contributed by atoms with Gasteiger partial charge in [0.2, 0.25) is 6.79 Å². The Balaban J connectivity index is 1.36. The predicted molar refractivity (Wildman–Crippen MR) is 108 cm³/mol. The Labute approximate surface area is 167 Å². The number of aryl methyl sites for hydroxylation is 1. The summed E-state index contributed by atoms with van der Waals surface area (Å²) >= 11 is 2.25. The van der Waals surface area contributed by atoms with Gasteiger partial charge in [0.1, 0.15) is 0 Å². The van der Waals surface area contributed by atoms with Gasteiger partial charge in [-0.15, -0.1) is 0 Å². The first-order valence-electron chi connectivity index (χ1n) is 8.76. The number of benzene rings is 2. The smallest absolute Gasteiger partial charge is 0.255 e. The Bertz CT molecular complexity index is 832. The van der Waals surface area contributed by atoms with E-state index in [-0.39, 0.29) is 5.91 Å². The molecule has 0 spiro atoms. The molecule has 2 aromatic carbocycles. The highest BCUT2D eigenvalue weighted by Crippen LogP contribution is 2.32. The van der Waals surface area contributed by atoms with Crippen LogP contribution in [0.25, 0.3) is 0 Å². The van der Waals surface area contributed by atoms with Crippen LogP contribution in [-0.4, -0.2) is 48.7 Å². The van der Waals surface area contributed by atoms with Gasteiger partial charge < -0.3 is 14.4 Å². The lowest BCUT2D eigenvalue weighted by molar-refractivity contribution is 0.0627. The van der Waals surface area contributed by atoms with E-state index in [1.165, 1.54) is 11.1 Å². The Hall–Kier alpha value is -1.80. The number of ether oxygens (including phenoxy) is 2. The Kier molecular flexibility index (Phi) is 5.04. The highest BCUT2D eigenvalue weighted by atomic mass is 127. The minimum absolute atomic E-state index is 0.136. The van der Waals surface area contributed by atoms with Gasteiger partial charge in [-0.3, -0.25) is 9.69 Å². The van der Waals surface area contributed by atoms with E-state index in [0.717, 1.165) is 53.4 Å². The van der Waals surface area contributed by atoms with Crippen LogP contribution >= 0.6 is 22.6 Å². The standard InChI is InChI=1S/C20H21IN2O3/c1-14-2-4-16(17(21)10-14)20(24)23-8-6-22(7-9-23)12-15-3-5-18-19(11-15)26-13-25-18/h2-5,10-11H,6-9,12-13H2,1H3. The summed E-state index contributed by atoms with van der Waals surface area (Å²) in [6.45, 7) is 6.48. The van der Waals surface area contributed by atoms with Crippen LogP contribution in [0.1, 0.15) is 21.5 Å². The van der Waals surface area contributed by atoms with Crippen LogP contribution in [0.15, 0.2) is 36.4 Å². The fourth-order valence-corrected chi connectivity index (χ4v) is 4.27. The first-order valence-corrected chi connectivity index (χ1v) is 9.84. The summed E-state index contributed by atoms with van der Waals surface area (Å²) in [4.78, 5) is 17.1. The van der Waals surface area contributed by atoms with Gasteiger partial charge in [-0.2, -0.15) is 0 Å². The summed E-state index contributed by atoms with van der Waals surface area (Å²) in [6, 6.07) is 12.1. The first-order chi connectivity index (χ1) is 12.6. The lowest BCUT2D eigenvalue weighted by atomic mass is 10.1. The van der Waals surface area contributed by atoms with Crippen molar-refractivity contribution in [1.29, 1.82) is 0 Å². The monoisotopic (exact) mass is 464 g/mol. The number of carbonyl (C=O) groups excluding carboxylic acids is 1. The van der Waals surface area contributed by atoms with Crippen molar-refractivity contribution in [2.24, 2.45) is 0 Å². The van der Waals surface area contributed by atoms with E-state index in [4.69, 9.17) is 9.47 Å². The topological polar surface area (TPSA) is 42.0 Å². The van der Waals surface area contributed by atoms with Crippen molar-refractivity contribution < 1.29 is 14.3 Å². The molecule has 0 aromatic heterocycles. The summed E-state index contributed by atoms with van der Waals surface area (Å²) in [5, 5.41) is 0. The molecule has 5 nitrogen and oxygen atoms in total. The summed E-state index contributed by atoms with van der Waals surface area (Å²) in [6.07, 6.45) is 0. The molecular weight excluding hydrogens is 443 g/mol. The molecular formula is C20H21IN2O3. The Morgan fingerprint density at radius 2 is 1.81 bits per heavy atom. The van der Waals surface area contributed by atoms with E-state index < -0.39 is 0 Å². The van der Waals surface area contributed by atoms with Crippen LogP contribution in [0.3, 0.4) is 0 Å². The number of halogens is 1. The summed E-state index contributed by atoms with van der Waals surface area (Å²) in [7, 11) is 0. The van der Waals surface area contributed by atoms with Gasteiger partial charge >= 0.3 is 0 Å². The second kappa shape index (κ2) is 7.44. The SMILES string of the molecule is Cc1ccc(C(=O)N2CCN(Cc3ccc4c(c3)OCO4)CC2)c(I)c1. The Morgan fingerprint density at radius 1 is 1.04 bits per heavy atom. The van der Waals surface area contributed by atoms with Crippen LogP contribution < -0.4 is 9.47 Å². The fourth-order valence-electron chi connectivity index (χ4n) is 3.37. The van der Waals surface area contributed by atoms with Gasteiger partial charge in [0.15, 0.2) is 11.5 Å². The number of nitrogens with zero attached hydrogens (tertiary/aromatic N) is 2. The average Bonchev–Trinajstić information content (AvgIpc) is 3.10. The third-order valence-corrected chi connectivity index (χ3v) is 5.75. The lowest BCUT2D eigenvalue weighted by Gasteiger charge is -2.35. The van der Waals surface area contributed by atoms with E-state index in [9.17, 15) is 4.79 Å². The molecule has 0 radical (unpaired) electrons. The maximum absolute atomic E-state index is 12.8. The van der Waals surface area contributed by atoms with E-state index in [2.05, 4.69) is 45.7 Å². The largest absolute Gasteiger partial charge is 0.454 e. The number of piperazine rings is 1.